The summed E-state index contributed by atoms with van der Waals surface area (Å²) >= 11 is 0. The van der Waals surface area contributed by atoms with Crippen LogP contribution in [0, 0.1) is 18.6 Å². The molecule has 2 N–H and O–H groups in total. The van der Waals surface area contributed by atoms with Crippen LogP contribution in [-0.4, -0.2) is 48.3 Å². The fraction of sp³-hybridized carbons (Fsp3) is 0.391. The molecule has 0 fully saturated rings. The molecule has 0 bridgehead atoms. The van der Waals surface area contributed by atoms with Crippen LogP contribution in [0.15, 0.2) is 36.4 Å². The maximum absolute atomic E-state index is 12.5. The summed E-state index contributed by atoms with van der Waals surface area (Å²) in [6.45, 7) is 13.5. The van der Waals surface area contributed by atoms with E-state index in [-0.39, 0.29) is 18.9 Å². The Morgan fingerprint density at radius 2 is 1.28 bits per heavy atom. The maximum atomic E-state index is 12.5. The van der Waals surface area contributed by atoms with Crippen molar-refractivity contribution >= 4 is 17.6 Å². The van der Waals surface area contributed by atoms with Crippen molar-refractivity contribution in [3.63, 3.8) is 0 Å². The van der Waals surface area contributed by atoms with Gasteiger partial charge in [-0.05, 0) is 44.5 Å². The number of hydrogen-bond acceptors (Lipinski definition) is 3. The van der Waals surface area contributed by atoms with E-state index in [1.807, 2.05) is 52.8 Å². The van der Waals surface area contributed by atoms with Gasteiger partial charge in [0.15, 0.2) is 0 Å². The first-order valence-corrected chi connectivity index (χ1v) is 10.0. The van der Waals surface area contributed by atoms with Gasteiger partial charge in [0, 0.05) is 13.1 Å². The Labute approximate surface area is 200 Å². The molecular formula is C23H31F2LiN2O4. The summed E-state index contributed by atoms with van der Waals surface area (Å²) in [6, 6.07) is 8.49. The van der Waals surface area contributed by atoms with Crippen molar-refractivity contribution in [3.8, 4) is 0 Å². The zero-order valence-electron chi connectivity index (χ0n) is 19.7. The summed E-state index contributed by atoms with van der Waals surface area (Å²) in [5.74, 6) is -4.56. The number of aryl methyl sites for hydroxylation is 1. The summed E-state index contributed by atoms with van der Waals surface area (Å²) in [5.41, 5.74) is 1.13. The summed E-state index contributed by atoms with van der Waals surface area (Å²) in [4.78, 5) is 23.4. The Hall–Kier alpha value is -2.40. The number of aromatic carboxylic acids is 2. The van der Waals surface area contributed by atoms with E-state index in [4.69, 9.17) is 10.2 Å². The molecule has 0 radical (unpaired) electrons. The van der Waals surface area contributed by atoms with E-state index in [1.165, 1.54) is 0 Å². The van der Waals surface area contributed by atoms with Crippen LogP contribution in [0.2, 0.25) is 0 Å². The van der Waals surface area contributed by atoms with Crippen molar-refractivity contribution in [1.29, 1.82) is 0 Å². The number of carboxylic acids is 2. The molecule has 6 nitrogen and oxygen atoms in total. The van der Waals surface area contributed by atoms with Crippen molar-refractivity contribution in [2.75, 3.05) is 31.1 Å². The van der Waals surface area contributed by atoms with E-state index in [0.717, 1.165) is 55.6 Å². The molecule has 9 heteroatoms. The smallest absolute Gasteiger partial charge is 0.663 e. The minimum absolute atomic E-state index is 0. The predicted octanol–water partition coefficient (Wildman–Crippen LogP) is 2.61. The molecule has 0 atom stereocenters. The second kappa shape index (κ2) is 17.2. The van der Waals surface area contributed by atoms with E-state index in [0.29, 0.717) is 5.56 Å². The van der Waals surface area contributed by atoms with E-state index in [2.05, 4.69) is 10.2 Å². The van der Waals surface area contributed by atoms with Gasteiger partial charge in [-0.25, -0.2) is 18.4 Å². The predicted molar refractivity (Wildman–Crippen MR) is 119 cm³/mol. The minimum atomic E-state index is -1.60. The van der Waals surface area contributed by atoms with Crippen LogP contribution in [-0.2, 0) is 0 Å². The molecule has 2 aromatic carbocycles. The molecule has 0 heterocycles. The third-order valence-electron chi connectivity index (χ3n) is 4.19. The number of rotatable bonds is 7. The second-order valence-corrected chi connectivity index (χ2v) is 6.20. The van der Waals surface area contributed by atoms with E-state index < -0.39 is 29.1 Å². The van der Waals surface area contributed by atoms with Crippen LogP contribution in [0.25, 0.3) is 5.32 Å². The molecule has 0 aromatic heterocycles. The van der Waals surface area contributed by atoms with Crippen LogP contribution in [0.5, 0.6) is 0 Å². The minimum Gasteiger partial charge on any atom is -0.663 e. The van der Waals surface area contributed by atoms with Gasteiger partial charge in [-0.3, -0.25) is 0 Å². The van der Waals surface area contributed by atoms with Gasteiger partial charge in [0.1, 0.15) is 17.2 Å². The number of carboxylic acid groups (broad SMARTS) is 2. The summed E-state index contributed by atoms with van der Waals surface area (Å²) in [5, 5.41) is 21.4. The van der Waals surface area contributed by atoms with Crippen LogP contribution < -0.4 is 23.8 Å². The Bertz CT molecular complexity index is 824. The molecule has 32 heavy (non-hydrogen) atoms. The van der Waals surface area contributed by atoms with Crippen molar-refractivity contribution in [2.24, 2.45) is 0 Å². The van der Waals surface area contributed by atoms with Crippen LogP contribution in [0.3, 0.4) is 0 Å². The van der Waals surface area contributed by atoms with Gasteiger partial charge in [0.05, 0.1) is 11.3 Å². The Morgan fingerprint density at radius 1 is 0.844 bits per heavy atom. The Kier molecular flexibility index (Phi) is 17.1. The van der Waals surface area contributed by atoms with Crippen molar-refractivity contribution in [1.82, 2.24) is 0 Å². The molecule has 172 valence electrons. The molecular weight excluding hydrogens is 413 g/mol. The monoisotopic (exact) mass is 444 g/mol. The van der Waals surface area contributed by atoms with Gasteiger partial charge in [0.25, 0.3) is 0 Å². The van der Waals surface area contributed by atoms with E-state index >= 15 is 0 Å². The fourth-order valence-corrected chi connectivity index (χ4v) is 2.68. The number of carbonyl (C=O) groups is 2. The average Bonchev–Trinajstić information content (AvgIpc) is 2.70. The summed E-state index contributed by atoms with van der Waals surface area (Å²) < 4.78 is 25.0. The number of nitrogens with zero attached hydrogens (tertiary/aromatic N) is 2. The molecule has 0 aliphatic heterocycles. The van der Waals surface area contributed by atoms with Gasteiger partial charge >= 0.3 is 30.8 Å². The number of anilines is 1. The average molecular weight is 444 g/mol. The molecule has 2 rings (SSSR count). The molecule has 0 unspecified atom stereocenters. The van der Waals surface area contributed by atoms with E-state index in [1.54, 1.807) is 0 Å². The van der Waals surface area contributed by atoms with Gasteiger partial charge < -0.3 is 20.4 Å². The van der Waals surface area contributed by atoms with Crippen LogP contribution >= 0.6 is 0 Å². The SMILES string of the molecule is CCN(CC)c1cccc(C)c1C(=O)O.CC[N-]CC.O=C(O)c1c(F)cccc1F.[Li+]. The van der Waals surface area contributed by atoms with Gasteiger partial charge in [-0.2, -0.15) is 13.1 Å². The molecule has 0 spiro atoms. The standard InChI is InChI=1S/C12H17NO2.C7H4F2O2.C4H10N.Li/c1-4-13(5-2)10-8-6-7-9(3)11(10)12(14)15;8-4-2-1-3-5(9)6(4)7(10)11;1-3-5-4-2;/h6-8H,4-5H2,1-3H3,(H,14,15);1-3H,(H,10,11);3-4H2,1-2H3;/q;;-1;+1. The van der Waals surface area contributed by atoms with Crippen LogP contribution in [0.1, 0.15) is 54.0 Å². The first kappa shape index (κ1) is 31.8. The topological polar surface area (TPSA) is 91.9 Å². The normalized spacial score (nSPS) is 9.34. The zero-order valence-corrected chi connectivity index (χ0v) is 19.7. The number of hydrogen-bond donors (Lipinski definition) is 2. The van der Waals surface area contributed by atoms with Crippen molar-refractivity contribution in [2.45, 2.75) is 34.6 Å². The first-order valence-electron chi connectivity index (χ1n) is 10.0. The van der Waals surface area contributed by atoms with Crippen LogP contribution in [0.4, 0.5) is 14.5 Å². The number of halogens is 2. The summed E-state index contributed by atoms with van der Waals surface area (Å²) in [6.07, 6.45) is 0. The molecule has 0 amide bonds. The second-order valence-electron chi connectivity index (χ2n) is 6.20. The van der Waals surface area contributed by atoms with Gasteiger partial charge in [-0.1, -0.05) is 32.0 Å². The quantitative estimate of drug-likeness (QED) is 0.641. The molecule has 0 aliphatic rings. The van der Waals surface area contributed by atoms with Crippen molar-refractivity contribution < 1.29 is 47.4 Å². The Morgan fingerprint density at radius 3 is 1.59 bits per heavy atom. The first-order chi connectivity index (χ1) is 14.7. The van der Waals surface area contributed by atoms with Crippen molar-refractivity contribution in [3.05, 3.63) is 70.0 Å². The number of benzene rings is 2. The fourth-order valence-electron chi connectivity index (χ4n) is 2.68. The van der Waals surface area contributed by atoms with Gasteiger partial charge in [0.2, 0.25) is 0 Å². The maximum Gasteiger partial charge on any atom is 1.00 e. The Balaban J connectivity index is 0. The largest absolute Gasteiger partial charge is 1.00 e. The summed E-state index contributed by atoms with van der Waals surface area (Å²) in [7, 11) is 0. The molecule has 0 aliphatic carbocycles. The van der Waals surface area contributed by atoms with E-state index in [9.17, 15) is 18.4 Å². The van der Waals surface area contributed by atoms with Gasteiger partial charge in [-0.15, -0.1) is 0 Å². The molecule has 2 aromatic rings. The molecule has 0 saturated carbocycles. The third-order valence-corrected chi connectivity index (χ3v) is 4.19. The zero-order chi connectivity index (χ0) is 24.0. The third kappa shape index (κ3) is 10.3. The molecule has 0 saturated heterocycles.